The average molecular weight is 257 g/mol. The lowest BCUT2D eigenvalue weighted by Gasteiger charge is -2.04. The van der Waals surface area contributed by atoms with E-state index in [2.05, 4.69) is 33.0 Å². The van der Waals surface area contributed by atoms with Crippen LogP contribution in [0.1, 0.15) is 33.7 Å². The molecule has 5 heteroatoms. The molecule has 0 spiro atoms. The van der Waals surface area contributed by atoms with Crippen LogP contribution in [-0.2, 0) is 24.1 Å². The van der Waals surface area contributed by atoms with Crippen molar-refractivity contribution in [3.05, 3.63) is 47.0 Å². The smallest absolute Gasteiger partial charge is 0.377 e. The number of esters is 1. The number of aromatic nitrogens is 3. The molecule has 0 radical (unpaired) electrons. The van der Waals surface area contributed by atoms with E-state index in [4.69, 9.17) is 0 Å². The zero-order valence-corrected chi connectivity index (χ0v) is 10.8. The van der Waals surface area contributed by atoms with Crippen molar-refractivity contribution in [3.8, 4) is 0 Å². The van der Waals surface area contributed by atoms with Crippen molar-refractivity contribution in [2.75, 3.05) is 7.11 Å². The number of hydrogen-bond donors (Lipinski definition) is 0. The van der Waals surface area contributed by atoms with Crippen LogP contribution in [0, 0.1) is 0 Å². The Balaban J connectivity index is 1.78. The van der Waals surface area contributed by atoms with Crippen LogP contribution in [0.2, 0.25) is 0 Å². The van der Waals surface area contributed by atoms with E-state index in [9.17, 15) is 4.79 Å². The normalized spacial score (nSPS) is 13.3. The van der Waals surface area contributed by atoms with Gasteiger partial charge in [-0.15, -0.1) is 5.10 Å². The van der Waals surface area contributed by atoms with E-state index in [-0.39, 0.29) is 5.82 Å². The van der Waals surface area contributed by atoms with Crippen LogP contribution in [-0.4, -0.2) is 27.8 Å². The summed E-state index contributed by atoms with van der Waals surface area (Å²) in [6.07, 6.45) is 5.15. The van der Waals surface area contributed by atoms with Gasteiger partial charge in [0.25, 0.3) is 5.82 Å². The molecule has 0 atom stereocenters. The van der Waals surface area contributed by atoms with Gasteiger partial charge >= 0.3 is 5.97 Å². The lowest BCUT2D eigenvalue weighted by Crippen LogP contribution is -2.06. The van der Waals surface area contributed by atoms with E-state index >= 15 is 0 Å². The molecule has 0 amide bonds. The fourth-order valence-electron chi connectivity index (χ4n) is 2.47. The van der Waals surface area contributed by atoms with Gasteiger partial charge in [0.1, 0.15) is 6.33 Å². The first kappa shape index (κ1) is 11.9. The summed E-state index contributed by atoms with van der Waals surface area (Å²) >= 11 is 0. The summed E-state index contributed by atoms with van der Waals surface area (Å²) in [7, 11) is 1.32. The number of fused-ring (bicyclic) bond motifs is 1. The van der Waals surface area contributed by atoms with Crippen LogP contribution < -0.4 is 0 Å². The van der Waals surface area contributed by atoms with Crippen LogP contribution >= 0.6 is 0 Å². The molecule has 0 bridgehead atoms. The van der Waals surface area contributed by atoms with Gasteiger partial charge in [0, 0.05) is 0 Å². The third-order valence-electron chi connectivity index (χ3n) is 3.41. The summed E-state index contributed by atoms with van der Waals surface area (Å²) in [5, 5.41) is 4.10. The second-order valence-electron chi connectivity index (χ2n) is 4.71. The molecule has 1 heterocycles. The molecule has 3 rings (SSSR count). The largest absolute Gasteiger partial charge is 0.463 e. The molecule has 0 aliphatic heterocycles. The molecule has 1 aliphatic carbocycles. The van der Waals surface area contributed by atoms with Gasteiger partial charge in [-0.2, -0.15) is 0 Å². The summed E-state index contributed by atoms with van der Waals surface area (Å²) in [5.74, 6) is -0.406. The SMILES string of the molecule is COC(=O)c1ncn(Cc2ccc3c(c2)CCC3)n1. The highest BCUT2D eigenvalue weighted by Crippen LogP contribution is 2.23. The molecule has 0 unspecified atom stereocenters. The van der Waals surface area contributed by atoms with Crippen molar-refractivity contribution in [1.29, 1.82) is 0 Å². The Morgan fingerprint density at radius 1 is 1.37 bits per heavy atom. The standard InChI is InChI=1S/C14H15N3O2/c1-19-14(18)13-15-9-17(16-13)8-10-5-6-11-3-2-4-12(11)7-10/h5-7,9H,2-4,8H2,1H3. The van der Waals surface area contributed by atoms with E-state index < -0.39 is 5.97 Å². The molecule has 0 N–H and O–H groups in total. The van der Waals surface area contributed by atoms with Gasteiger partial charge < -0.3 is 4.74 Å². The summed E-state index contributed by atoms with van der Waals surface area (Å²) in [6, 6.07) is 6.53. The molecule has 0 saturated heterocycles. The van der Waals surface area contributed by atoms with Crippen molar-refractivity contribution in [1.82, 2.24) is 14.8 Å². The van der Waals surface area contributed by atoms with Gasteiger partial charge in [0.2, 0.25) is 0 Å². The third-order valence-corrected chi connectivity index (χ3v) is 3.41. The Morgan fingerprint density at radius 2 is 2.21 bits per heavy atom. The summed E-state index contributed by atoms with van der Waals surface area (Å²) in [5.41, 5.74) is 4.07. The molecule has 1 aromatic heterocycles. The number of carbonyl (C=O) groups excluding carboxylic acids is 1. The molecule has 5 nitrogen and oxygen atoms in total. The first-order chi connectivity index (χ1) is 9.26. The fourth-order valence-corrected chi connectivity index (χ4v) is 2.47. The fraction of sp³-hybridized carbons (Fsp3) is 0.357. The molecule has 1 aliphatic rings. The predicted octanol–water partition coefficient (Wildman–Crippen LogP) is 1.60. The zero-order chi connectivity index (χ0) is 13.2. The van der Waals surface area contributed by atoms with Crippen molar-refractivity contribution < 1.29 is 9.53 Å². The monoisotopic (exact) mass is 257 g/mol. The quantitative estimate of drug-likeness (QED) is 0.784. The highest BCUT2D eigenvalue weighted by molar-refractivity contribution is 5.84. The van der Waals surface area contributed by atoms with Crippen molar-refractivity contribution in [2.24, 2.45) is 0 Å². The van der Waals surface area contributed by atoms with Crippen LogP contribution in [0.3, 0.4) is 0 Å². The molecule has 0 saturated carbocycles. The van der Waals surface area contributed by atoms with Gasteiger partial charge in [-0.05, 0) is 36.0 Å². The number of aryl methyl sites for hydroxylation is 2. The second kappa shape index (κ2) is 4.84. The number of nitrogens with zero attached hydrogens (tertiary/aromatic N) is 3. The number of hydrogen-bond acceptors (Lipinski definition) is 4. The maximum Gasteiger partial charge on any atom is 0.377 e. The highest BCUT2D eigenvalue weighted by Gasteiger charge is 2.13. The summed E-state index contributed by atoms with van der Waals surface area (Å²) in [4.78, 5) is 15.2. The predicted molar refractivity (Wildman–Crippen MR) is 68.9 cm³/mol. The maximum absolute atomic E-state index is 11.3. The minimum Gasteiger partial charge on any atom is -0.463 e. The Morgan fingerprint density at radius 3 is 3.05 bits per heavy atom. The van der Waals surface area contributed by atoms with E-state index in [1.54, 1.807) is 11.0 Å². The van der Waals surface area contributed by atoms with Gasteiger partial charge in [-0.3, -0.25) is 0 Å². The maximum atomic E-state index is 11.3. The Labute approximate surface area is 111 Å². The van der Waals surface area contributed by atoms with E-state index in [1.807, 2.05) is 0 Å². The molecule has 1 aromatic carbocycles. The average Bonchev–Trinajstić information content (AvgIpc) is 3.06. The first-order valence-electron chi connectivity index (χ1n) is 6.35. The zero-order valence-electron chi connectivity index (χ0n) is 10.8. The topological polar surface area (TPSA) is 57.0 Å². The lowest BCUT2D eigenvalue weighted by molar-refractivity contribution is 0.0586. The van der Waals surface area contributed by atoms with E-state index in [0.29, 0.717) is 6.54 Å². The molecule has 98 valence electrons. The van der Waals surface area contributed by atoms with Crippen molar-refractivity contribution in [3.63, 3.8) is 0 Å². The number of benzene rings is 1. The van der Waals surface area contributed by atoms with Gasteiger partial charge in [-0.1, -0.05) is 18.2 Å². The third kappa shape index (κ3) is 2.36. The Hall–Kier alpha value is -2.17. The number of carbonyl (C=O) groups is 1. The minimum atomic E-state index is -0.507. The Kier molecular flexibility index (Phi) is 3.03. The minimum absolute atomic E-state index is 0.101. The van der Waals surface area contributed by atoms with Gasteiger partial charge in [0.05, 0.1) is 13.7 Å². The van der Waals surface area contributed by atoms with Crippen LogP contribution in [0.25, 0.3) is 0 Å². The molecular weight excluding hydrogens is 242 g/mol. The number of methoxy groups -OCH3 is 1. The van der Waals surface area contributed by atoms with Crippen molar-refractivity contribution >= 4 is 5.97 Å². The number of rotatable bonds is 3. The Bertz CT molecular complexity index is 619. The highest BCUT2D eigenvalue weighted by atomic mass is 16.5. The van der Waals surface area contributed by atoms with Crippen LogP contribution in [0.15, 0.2) is 24.5 Å². The van der Waals surface area contributed by atoms with Crippen molar-refractivity contribution in [2.45, 2.75) is 25.8 Å². The molecule has 2 aromatic rings. The lowest BCUT2D eigenvalue weighted by atomic mass is 10.1. The number of ether oxygens (including phenoxy) is 1. The van der Waals surface area contributed by atoms with Crippen LogP contribution in [0.4, 0.5) is 0 Å². The first-order valence-corrected chi connectivity index (χ1v) is 6.35. The summed E-state index contributed by atoms with van der Waals surface area (Å²) < 4.78 is 6.24. The molecule has 19 heavy (non-hydrogen) atoms. The van der Waals surface area contributed by atoms with Crippen LogP contribution in [0.5, 0.6) is 0 Å². The molecule has 0 fully saturated rings. The van der Waals surface area contributed by atoms with E-state index in [0.717, 1.165) is 6.42 Å². The second-order valence-corrected chi connectivity index (χ2v) is 4.71. The molecular formula is C14H15N3O2. The summed E-state index contributed by atoms with van der Waals surface area (Å²) in [6.45, 7) is 0.622. The van der Waals surface area contributed by atoms with Gasteiger partial charge in [0.15, 0.2) is 0 Å². The van der Waals surface area contributed by atoms with Gasteiger partial charge in [-0.25, -0.2) is 14.5 Å². The van der Waals surface area contributed by atoms with E-state index in [1.165, 1.54) is 36.6 Å².